The van der Waals surface area contributed by atoms with Gasteiger partial charge in [-0.15, -0.1) is 0 Å². The minimum atomic E-state index is -1.70. The summed E-state index contributed by atoms with van der Waals surface area (Å²) in [6.07, 6.45) is -9.03. The molecule has 14 heteroatoms. The van der Waals surface area contributed by atoms with Gasteiger partial charge in [-0.2, -0.15) is 0 Å². The van der Waals surface area contributed by atoms with Gasteiger partial charge in [0.15, 0.2) is 18.3 Å². The summed E-state index contributed by atoms with van der Waals surface area (Å²) in [5.41, 5.74) is 1.58. The van der Waals surface area contributed by atoms with E-state index in [1.54, 1.807) is 24.3 Å². The van der Waals surface area contributed by atoms with Crippen molar-refractivity contribution in [2.24, 2.45) is 0 Å². The number of aliphatic hydroxyl groups excluding tert-OH is 4. The molecule has 0 spiro atoms. The van der Waals surface area contributed by atoms with Crippen LogP contribution in [0.1, 0.15) is 29.6 Å². The lowest BCUT2D eigenvalue weighted by molar-refractivity contribution is -0.278. The number of carbonyl (C=O) groups is 2. The second-order valence-corrected chi connectivity index (χ2v) is 9.33. The van der Waals surface area contributed by atoms with Crippen LogP contribution in [0.5, 0.6) is 28.7 Å². The molecule has 0 bridgehead atoms. The van der Waals surface area contributed by atoms with Crippen LogP contribution in [0.3, 0.4) is 0 Å². The average molecular weight is 564 g/mol. The van der Waals surface area contributed by atoms with Gasteiger partial charge in [0.25, 0.3) is 0 Å². The van der Waals surface area contributed by atoms with Gasteiger partial charge in [0, 0.05) is 17.2 Å². The van der Waals surface area contributed by atoms with Gasteiger partial charge in [0.1, 0.15) is 55.0 Å². The topological polar surface area (TPSA) is 200 Å². The Hall–Kier alpha value is -3.82. The molecule has 0 aromatic heterocycles. The highest BCUT2D eigenvalue weighted by molar-refractivity contribution is 5.90. The fourth-order valence-electron chi connectivity index (χ4n) is 4.94. The van der Waals surface area contributed by atoms with Crippen LogP contribution < -0.4 is 23.7 Å². The maximum Gasteiger partial charge on any atom is 0.317 e. The van der Waals surface area contributed by atoms with Gasteiger partial charge in [-0.05, 0) is 18.2 Å². The second-order valence-electron chi connectivity index (χ2n) is 9.33. The van der Waals surface area contributed by atoms with E-state index in [4.69, 9.17) is 43.4 Å². The molecule has 14 nitrogen and oxygen atoms in total. The Morgan fingerprint density at radius 3 is 2.55 bits per heavy atom. The molecule has 5 N–H and O–H groups in total. The standard InChI is InChI=1S/C26H28O14/c1-34-25-15(37-10-27)5-4-12-14-8-35-16-6-11(2-3-13(16)23(14)40-24(12)25)38-26-22(33)21(32)20(31)17(39-26)9-36-19(30)7-18(28)29/h2-6,14,17,20-23,26-27,31-33H,7-10H2,1H3,(H,28,29)/t14-,17+,20+,21-,22+,23-,26+/m0/s1. The molecule has 40 heavy (non-hydrogen) atoms. The molecule has 0 unspecified atom stereocenters. The van der Waals surface area contributed by atoms with E-state index >= 15 is 0 Å². The number of hydrogen-bond donors (Lipinski definition) is 5. The van der Waals surface area contributed by atoms with Crippen molar-refractivity contribution >= 4 is 11.9 Å². The number of carboxylic acids is 1. The molecular formula is C26H28O14. The Labute approximate surface area is 227 Å². The van der Waals surface area contributed by atoms with Crippen molar-refractivity contribution in [1.82, 2.24) is 0 Å². The zero-order valence-electron chi connectivity index (χ0n) is 21.2. The summed E-state index contributed by atoms with van der Waals surface area (Å²) in [7, 11) is 1.47. The van der Waals surface area contributed by atoms with Gasteiger partial charge < -0.3 is 58.7 Å². The fraction of sp³-hybridized carbons (Fsp3) is 0.462. The van der Waals surface area contributed by atoms with E-state index in [0.717, 1.165) is 11.1 Å². The van der Waals surface area contributed by atoms with Crippen molar-refractivity contribution in [3.8, 4) is 28.7 Å². The first kappa shape index (κ1) is 27.7. The van der Waals surface area contributed by atoms with Gasteiger partial charge in [0.2, 0.25) is 12.0 Å². The first-order valence-corrected chi connectivity index (χ1v) is 12.3. The Balaban J connectivity index is 1.30. The Kier molecular flexibility index (Phi) is 7.87. The zero-order chi connectivity index (χ0) is 28.6. The highest BCUT2D eigenvalue weighted by Gasteiger charge is 2.46. The van der Waals surface area contributed by atoms with E-state index < -0.39 is 68.6 Å². The molecule has 2 aromatic rings. The van der Waals surface area contributed by atoms with Gasteiger partial charge in [0.05, 0.1) is 19.6 Å². The summed E-state index contributed by atoms with van der Waals surface area (Å²) < 4.78 is 39.0. The van der Waals surface area contributed by atoms with Crippen molar-refractivity contribution in [2.75, 3.05) is 27.1 Å². The molecule has 216 valence electrons. The SMILES string of the molecule is COc1c(OCO)ccc2c1O[C@H]1c3ccc(O[C@@H]4O[C@H](COC(=O)CC(=O)O)[C@@H](O)[C@H](O)[C@H]4O)cc3OC[C@@H]21. The van der Waals surface area contributed by atoms with E-state index in [0.29, 0.717) is 23.0 Å². The van der Waals surface area contributed by atoms with Crippen LogP contribution >= 0.6 is 0 Å². The molecule has 0 saturated carbocycles. The number of rotatable bonds is 9. The van der Waals surface area contributed by atoms with Crippen molar-refractivity contribution in [3.63, 3.8) is 0 Å². The number of fused-ring (bicyclic) bond motifs is 5. The quantitative estimate of drug-likeness (QED) is 0.153. The molecule has 3 heterocycles. The smallest absolute Gasteiger partial charge is 0.317 e. The van der Waals surface area contributed by atoms with Crippen LogP contribution in [0.15, 0.2) is 30.3 Å². The number of carboxylic acid groups (broad SMARTS) is 1. The van der Waals surface area contributed by atoms with E-state index in [1.807, 2.05) is 6.07 Å². The van der Waals surface area contributed by atoms with Crippen LogP contribution in [0.4, 0.5) is 0 Å². The predicted octanol–water partition coefficient (Wildman–Crippen LogP) is -0.162. The van der Waals surface area contributed by atoms with Crippen LogP contribution in [-0.4, -0.2) is 95.3 Å². The van der Waals surface area contributed by atoms with E-state index in [9.17, 15) is 24.9 Å². The number of hydrogen-bond acceptors (Lipinski definition) is 13. The van der Waals surface area contributed by atoms with E-state index in [-0.39, 0.29) is 18.3 Å². The number of aliphatic hydroxyl groups is 4. The summed E-state index contributed by atoms with van der Waals surface area (Å²) in [6.45, 7) is -0.822. The van der Waals surface area contributed by atoms with Crippen molar-refractivity contribution < 1.29 is 68.3 Å². The van der Waals surface area contributed by atoms with E-state index in [2.05, 4.69) is 0 Å². The zero-order valence-corrected chi connectivity index (χ0v) is 21.2. The highest BCUT2D eigenvalue weighted by Crippen LogP contribution is 2.56. The van der Waals surface area contributed by atoms with Crippen molar-refractivity contribution in [1.29, 1.82) is 0 Å². The average Bonchev–Trinajstić information content (AvgIpc) is 3.31. The van der Waals surface area contributed by atoms with E-state index in [1.165, 1.54) is 7.11 Å². The molecule has 3 aliphatic heterocycles. The second kappa shape index (κ2) is 11.3. The molecule has 5 rings (SSSR count). The third-order valence-electron chi connectivity index (χ3n) is 6.88. The van der Waals surface area contributed by atoms with Gasteiger partial charge >= 0.3 is 11.9 Å². The Bertz CT molecular complexity index is 1260. The minimum absolute atomic E-state index is 0.143. The molecule has 0 radical (unpaired) electrons. The van der Waals surface area contributed by atoms with Crippen LogP contribution in [0, 0.1) is 0 Å². The van der Waals surface area contributed by atoms with Gasteiger partial charge in [-0.1, -0.05) is 6.07 Å². The molecule has 3 aliphatic rings. The summed E-state index contributed by atoms with van der Waals surface area (Å²) in [6, 6.07) is 8.38. The summed E-state index contributed by atoms with van der Waals surface area (Å²) in [5.74, 6) is -0.759. The number of carbonyl (C=O) groups excluding carboxylic acids is 1. The van der Waals surface area contributed by atoms with Crippen LogP contribution in [-0.2, 0) is 19.1 Å². The highest BCUT2D eigenvalue weighted by atomic mass is 16.7. The lowest BCUT2D eigenvalue weighted by atomic mass is 9.89. The largest absolute Gasteiger partial charge is 0.492 e. The molecule has 2 aromatic carbocycles. The normalized spacial score (nSPS) is 28.2. The van der Waals surface area contributed by atoms with Crippen molar-refractivity contribution in [3.05, 3.63) is 41.5 Å². The molecule has 0 aliphatic carbocycles. The Morgan fingerprint density at radius 2 is 1.82 bits per heavy atom. The first-order chi connectivity index (χ1) is 19.2. The summed E-state index contributed by atoms with van der Waals surface area (Å²) >= 11 is 0. The monoisotopic (exact) mass is 564 g/mol. The molecule has 0 amide bonds. The van der Waals surface area contributed by atoms with Crippen LogP contribution in [0.25, 0.3) is 0 Å². The fourth-order valence-corrected chi connectivity index (χ4v) is 4.94. The van der Waals surface area contributed by atoms with Gasteiger partial charge in [-0.3, -0.25) is 9.59 Å². The van der Waals surface area contributed by atoms with Gasteiger partial charge in [-0.25, -0.2) is 0 Å². The lowest BCUT2D eigenvalue weighted by Crippen LogP contribution is -2.60. The molecule has 1 fully saturated rings. The third-order valence-corrected chi connectivity index (χ3v) is 6.88. The lowest BCUT2D eigenvalue weighted by Gasteiger charge is -2.40. The van der Waals surface area contributed by atoms with Crippen molar-refractivity contribution in [2.45, 2.75) is 49.1 Å². The minimum Gasteiger partial charge on any atom is -0.492 e. The third kappa shape index (κ3) is 5.19. The number of aliphatic carboxylic acids is 1. The molecular weight excluding hydrogens is 536 g/mol. The summed E-state index contributed by atoms with van der Waals surface area (Å²) in [4.78, 5) is 22.2. The van der Waals surface area contributed by atoms with Crippen LogP contribution in [0.2, 0.25) is 0 Å². The summed E-state index contributed by atoms with van der Waals surface area (Å²) in [5, 5.41) is 48.8. The number of methoxy groups -OCH3 is 1. The molecule has 7 atom stereocenters. The number of ether oxygens (including phenoxy) is 7. The maximum absolute atomic E-state index is 11.6. The Morgan fingerprint density at radius 1 is 1.05 bits per heavy atom. The first-order valence-electron chi connectivity index (χ1n) is 12.3. The number of esters is 1. The molecule has 1 saturated heterocycles. The number of benzene rings is 2. The maximum atomic E-state index is 11.6. The predicted molar refractivity (Wildman–Crippen MR) is 129 cm³/mol.